The minimum absolute atomic E-state index is 0.0534. The van der Waals surface area contributed by atoms with E-state index in [9.17, 15) is 28.5 Å². The molecule has 1 heterocycles. The summed E-state index contributed by atoms with van der Waals surface area (Å²) in [6, 6.07) is 9.71. The van der Waals surface area contributed by atoms with Crippen molar-refractivity contribution in [3.8, 4) is 29.0 Å². The number of ether oxygens (including phenoxy) is 1. The Kier molecular flexibility index (Phi) is 5.24. The van der Waals surface area contributed by atoms with Crippen molar-refractivity contribution in [1.82, 2.24) is 4.98 Å². The van der Waals surface area contributed by atoms with Crippen molar-refractivity contribution < 1.29 is 17.9 Å². The van der Waals surface area contributed by atoms with Crippen molar-refractivity contribution in [2.24, 2.45) is 0 Å². The molecule has 6 nitrogen and oxygen atoms in total. The maximum absolute atomic E-state index is 14.5. The van der Waals surface area contributed by atoms with Crippen LogP contribution < -0.4 is 16.0 Å². The molecule has 9 heteroatoms. The molecule has 0 bridgehead atoms. The third kappa shape index (κ3) is 3.75. The van der Waals surface area contributed by atoms with Crippen molar-refractivity contribution in [2.45, 2.75) is 6.61 Å². The minimum atomic E-state index is -0.897. The molecule has 3 aromatic rings. The standard InChI is InChI=1S/C20H11F3N4O2/c21-12-2-3-15(22)11(5-12)9-29-17-4-1-10(6-16(17)23)18-13(7-24)19(26)27-20(28)14(18)8-25/h1-6H,9H2,(H3,26,27,28). The van der Waals surface area contributed by atoms with E-state index in [0.717, 1.165) is 24.3 Å². The zero-order valence-electron chi connectivity index (χ0n) is 14.6. The topological polar surface area (TPSA) is 116 Å². The van der Waals surface area contributed by atoms with Gasteiger partial charge in [-0.1, -0.05) is 6.07 Å². The molecule has 1 aromatic heterocycles. The summed E-state index contributed by atoms with van der Waals surface area (Å²) in [6.07, 6.45) is 0. The average molecular weight is 396 g/mol. The summed E-state index contributed by atoms with van der Waals surface area (Å²) in [5, 5.41) is 18.6. The van der Waals surface area contributed by atoms with Crippen LogP contribution in [0.2, 0.25) is 0 Å². The number of halogens is 3. The van der Waals surface area contributed by atoms with Gasteiger partial charge in [-0.2, -0.15) is 10.5 Å². The number of anilines is 1. The Labute approximate surface area is 162 Å². The first kappa shape index (κ1) is 19.5. The first-order chi connectivity index (χ1) is 13.8. The molecule has 0 radical (unpaired) electrons. The van der Waals surface area contributed by atoms with Crippen LogP contribution in [0.25, 0.3) is 11.1 Å². The molecule has 2 aromatic carbocycles. The Bertz CT molecular complexity index is 1260. The van der Waals surface area contributed by atoms with Crippen molar-refractivity contribution in [1.29, 1.82) is 10.5 Å². The number of nitrogen functional groups attached to an aromatic ring is 1. The molecular formula is C20H11F3N4O2. The second-order valence-electron chi connectivity index (χ2n) is 5.89. The van der Waals surface area contributed by atoms with Crippen LogP contribution in [0.5, 0.6) is 5.75 Å². The lowest BCUT2D eigenvalue weighted by Gasteiger charge is -2.12. The molecule has 3 rings (SSSR count). The lowest BCUT2D eigenvalue weighted by atomic mass is 9.96. The van der Waals surface area contributed by atoms with Gasteiger partial charge in [0.1, 0.15) is 47.3 Å². The van der Waals surface area contributed by atoms with E-state index in [-0.39, 0.29) is 33.8 Å². The van der Waals surface area contributed by atoms with Gasteiger partial charge < -0.3 is 15.5 Å². The number of rotatable bonds is 4. The zero-order valence-corrected chi connectivity index (χ0v) is 14.6. The Hall–Kier alpha value is -4.24. The summed E-state index contributed by atoms with van der Waals surface area (Å²) in [5.41, 5.74) is 4.07. The quantitative estimate of drug-likeness (QED) is 0.702. The molecule has 0 aliphatic heterocycles. The molecule has 0 spiro atoms. The highest BCUT2D eigenvalue weighted by Crippen LogP contribution is 2.31. The summed E-state index contributed by atoms with van der Waals surface area (Å²) in [7, 11) is 0. The van der Waals surface area contributed by atoms with E-state index in [1.54, 1.807) is 12.1 Å². The monoisotopic (exact) mass is 396 g/mol. The number of benzene rings is 2. The summed E-state index contributed by atoms with van der Waals surface area (Å²) in [5.74, 6) is -2.80. The third-order valence-corrected chi connectivity index (χ3v) is 4.08. The molecule has 0 atom stereocenters. The van der Waals surface area contributed by atoms with Crippen LogP contribution in [0, 0.1) is 40.1 Å². The van der Waals surface area contributed by atoms with Crippen LogP contribution in [-0.2, 0) is 6.61 Å². The van der Waals surface area contributed by atoms with Gasteiger partial charge in [-0.25, -0.2) is 13.2 Å². The van der Waals surface area contributed by atoms with Gasteiger partial charge in [0.05, 0.1) is 0 Å². The zero-order chi connectivity index (χ0) is 21.1. The lowest BCUT2D eigenvalue weighted by molar-refractivity contribution is 0.284. The van der Waals surface area contributed by atoms with Crippen LogP contribution in [-0.4, -0.2) is 4.98 Å². The van der Waals surface area contributed by atoms with Gasteiger partial charge in [0.15, 0.2) is 11.6 Å². The fourth-order valence-electron chi connectivity index (χ4n) is 2.71. The summed E-state index contributed by atoms with van der Waals surface area (Å²) in [6.45, 7) is -0.426. The van der Waals surface area contributed by atoms with Gasteiger partial charge in [0.2, 0.25) is 0 Å². The predicted octanol–water partition coefficient (Wildman–Crippen LogP) is 3.36. The van der Waals surface area contributed by atoms with Crippen LogP contribution in [0.1, 0.15) is 16.7 Å². The Balaban J connectivity index is 1.99. The van der Waals surface area contributed by atoms with Crippen LogP contribution in [0.4, 0.5) is 19.0 Å². The van der Waals surface area contributed by atoms with E-state index in [1.165, 1.54) is 12.1 Å². The molecule has 144 valence electrons. The lowest BCUT2D eigenvalue weighted by Crippen LogP contribution is -2.16. The van der Waals surface area contributed by atoms with E-state index in [0.29, 0.717) is 0 Å². The van der Waals surface area contributed by atoms with Crippen molar-refractivity contribution >= 4 is 5.82 Å². The molecule has 0 unspecified atom stereocenters. The number of H-pyrrole nitrogens is 1. The number of nitriles is 2. The van der Waals surface area contributed by atoms with Crippen molar-refractivity contribution in [3.05, 3.63) is 80.9 Å². The average Bonchev–Trinajstić information content (AvgIpc) is 2.69. The van der Waals surface area contributed by atoms with Crippen LogP contribution in [0.15, 0.2) is 41.2 Å². The first-order valence-corrected chi connectivity index (χ1v) is 8.08. The maximum Gasteiger partial charge on any atom is 0.268 e. The van der Waals surface area contributed by atoms with Crippen molar-refractivity contribution in [3.63, 3.8) is 0 Å². The number of aromatic amines is 1. The maximum atomic E-state index is 14.5. The molecule has 29 heavy (non-hydrogen) atoms. The Morgan fingerprint density at radius 3 is 2.38 bits per heavy atom. The van der Waals surface area contributed by atoms with E-state index < -0.39 is 35.2 Å². The third-order valence-electron chi connectivity index (χ3n) is 4.08. The minimum Gasteiger partial charge on any atom is -0.486 e. The van der Waals surface area contributed by atoms with E-state index >= 15 is 0 Å². The molecule has 0 saturated carbocycles. The second kappa shape index (κ2) is 7.79. The number of nitrogens with one attached hydrogen (secondary N) is 1. The van der Waals surface area contributed by atoms with Crippen LogP contribution >= 0.6 is 0 Å². The Morgan fingerprint density at radius 1 is 1.00 bits per heavy atom. The van der Waals surface area contributed by atoms with Gasteiger partial charge in [-0.15, -0.1) is 0 Å². The van der Waals surface area contributed by atoms with Gasteiger partial charge in [-0.05, 0) is 35.9 Å². The summed E-state index contributed by atoms with van der Waals surface area (Å²) in [4.78, 5) is 14.1. The highest BCUT2D eigenvalue weighted by molar-refractivity contribution is 5.80. The highest BCUT2D eigenvalue weighted by atomic mass is 19.1. The predicted molar refractivity (Wildman–Crippen MR) is 97.0 cm³/mol. The van der Waals surface area contributed by atoms with Crippen molar-refractivity contribution in [2.75, 3.05) is 5.73 Å². The molecule has 0 amide bonds. The normalized spacial score (nSPS) is 10.2. The molecule has 3 N–H and O–H groups in total. The van der Waals surface area contributed by atoms with Gasteiger partial charge >= 0.3 is 0 Å². The molecule has 0 aliphatic carbocycles. The fraction of sp³-hybridized carbons (Fsp3) is 0.0500. The number of pyridine rings is 1. The fourth-order valence-corrected chi connectivity index (χ4v) is 2.71. The molecule has 0 saturated heterocycles. The van der Waals surface area contributed by atoms with Gasteiger partial charge in [-0.3, -0.25) is 4.79 Å². The summed E-state index contributed by atoms with van der Waals surface area (Å²) >= 11 is 0. The molecule has 0 aliphatic rings. The number of hydrogen-bond donors (Lipinski definition) is 2. The van der Waals surface area contributed by atoms with E-state index in [1.807, 2.05) is 0 Å². The smallest absolute Gasteiger partial charge is 0.268 e. The molecular weight excluding hydrogens is 385 g/mol. The van der Waals surface area contributed by atoms with Gasteiger partial charge in [0.25, 0.3) is 5.56 Å². The second-order valence-corrected chi connectivity index (χ2v) is 5.89. The number of aromatic nitrogens is 1. The van der Waals surface area contributed by atoms with Gasteiger partial charge in [0, 0.05) is 11.1 Å². The number of nitrogens with two attached hydrogens (primary N) is 1. The summed E-state index contributed by atoms with van der Waals surface area (Å²) < 4.78 is 46.6. The van der Waals surface area contributed by atoms with E-state index in [2.05, 4.69) is 4.98 Å². The van der Waals surface area contributed by atoms with E-state index in [4.69, 9.17) is 10.5 Å². The van der Waals surface area contributed by atoms with Crippen LogP contribution in [0.3, 0.4) is 0 Å². The molecule has 0 fully saturated rings. The number of nitrogens with zero attached hydrogens (tertiary/aromatic N) is 2. The largest absolute Gasteiger partial charge is 0.486 e. The number of hydrogen-bond acceptors (Lipinski definition) is 5. The highest BCUT2D eigenvalue weighted by Gasteiger charge is 2.19. The first-order valence-electron chi connectivity index (χ1n) is 8.08. The Morgan fingerprint density at radius 2 is 1.72 bits per heavy atom. The SMILES string of the molecule is N#Cc1c(N)[nH]c(=O)c(C#N)c1-c1ccc(OCc2cc(F)ccc2F)c(F)c1.